The molecule has 0 radical (unpaired) electrons. The lowest BCUT2D eigenvalue weighted by Crippen LogP contribution is -2.57. The van der Waals surface area contributed by atoms with Gasteiger partial charge < -0.3 is 45.1 Å². The largest absolute Gasteiger partial charge is 0.489 e. The van der Waals surface area contributed by atoms with Gasteiger partial charge in [0.05, 0.1) is 28.9 Å². The van der Waals surface area contributed by atoms with Crippen molar-refractivity contribution in [2.45, 2.75) is 58.7 Å². The van der Waals surface area contributed by atoms with Crippen LogP contribution >= 0.6 is 24.0 Å². The van der Waals surface area contributed by atoms with Crippen LogP contribution in [-0.4, -0.2) is 92.1 Å². The summed E-state index contributed by atoms with van der Waals surface area (Å²) in [6, 6.07) is 6.01. The molecule has 13 nitrogen and oxygen atoms in total. The quantitative estimate of drug-likeness (QED) is 0.183. The molecule has 1 fully saturated rings. The van der Waals surface area contributed by atoms with Gasteiger partial charge in [0.2, 0.25) is 18.6 Å². The number of nitrogens with zero attached hydrogens (tertiary/aromatic N) is 3. The minimum atomic E-state index is -0.647. The van der Waals surface area contributed by atoms with Gasteiger partial charge in [0, 0.05) is 37.7 Å². The summed E-state index contributed by atoms with van der Waals surface area (Å²) >= 11 is 6.54. The van der Waals surface area contributed by atoms with Crippen molar-refractivity contribution in [1.82, 2.24) is 25.5 Å². The number of nitrogens with one attached hydrogen (secondary N) is 4. The number of rotatable bonds is 13. The number of anilines is 3. The van der Waals surface area contributed by atoms with Gasteiger partial charge in [0.1, 0.15) is 36.2 Å². The van der Waals surface area contributed by atoms with Crippen LogP contribution in [0.4, 0.5) is 17.2 Å². The Morgan fingerprint density at radius 1 is 1.17 bits per heavy atom. The van der Waals surface area contributed by atoms with Crippen LogP contribution in [0, 0.1) is 5.41 Å². The number of aromatic nitrogens is 2. The number of hydrogen-bond donors (Lipinski definition) is 4. The molecule has 0 aliphatic carbocycles. The predicted molar refractivity (Wildman–Crippen MR) is 188 cm³/mol. The minimum absolute atomic E-state index is 0. The first kappa shape index (κ1) is 37.2. The molecule has 0 unspecified atom stereocenters. The van der Waals surface area contributed by atoms with Gasteiger partial charge in [-0.1, -0.05) is 32.4 Å². The highest BCUT2D eigenvalue weighted by Gasteiger charge is 2.41. The van der Waals surface area contributed by atoms with E-state index in [-0.39, 0.29) is 49.1 Å². The molecule has 2 aliphatic heterocycles. The molecule has 3 aromatic rings. The van der Waals surface area contributed by atoms with E-state index in [0.29, 0.717) is 76.5 Å². The van der Waals surface area contributed by atoms with Gasteiger partial charge in [0.25, 0.3) is 0 Å². The summed E-state index contributed by atoms with van der Waals surface area (Å²) in [4.78, 5) is 38.6. The molecule has 4 N–H and O–H groups in total. The fourth-order valence-electron chi connectivity index (χ4n) is 5.66. The topological polar surface area (TPSA) is 148 Å². The van der Waals surface area contributed by atoms with Crippen LogP contribution in [0.15, 0.2) is 30.6 Å². The first-order chi connectivity index (χ1) is 22.5. The van der Waals surface area contributed by atoms with Crippen molar-refractivity contribution in [1.29, 1.82) is 0 Å². The van der Waals surface area contributed by atoms with Crippen molar-refractivity contribution in [2.75, 3.05) is 57.9 Å². The van der Waals surface area contributed by atoms with Crippen molar-refractivity contribution in [3.63, 3.8) is 0 Å². The Morgan fingerprint density at radius 2 is 1.96 bits per heavy atom. The molecule has 48 heavy (non-hydrogen) atoms. The zero-order chi connectivity index (χ0) is 33.7. The number of ether oxygens (including phenoxy) is 4. The Morgan fingerprint density at radius 3 is 2.69 bits per heavy atom. The number of likely N-dealkylation sites (N-methyl/N-ethyl adjacent to an activating group) is 1. The number of hydrogen-bond acceptors (Lipinski definition) is 11. The summed E-state index contributed by atoms with van der Waals surface area (Å²) in [6.07, 6.45) is 2.69. The molecule has 3 heterocycles. The van der Waals surface area contributed by atoms with Crippen LogP contribution in [-0.2, 0) is 14.3 Å². The smallest absolute Gasteiger partial charge is 0.247 e. The molecule has 3 atom stereocenters. The number of methoxy groups -OCH3 is 1. The maximum Gasteiger partial charge on any atom is 0.247 e. The van der Waals surface area contributed by atoms with Crippen LogP contribution in [0.5, 0.6) is 17.2 Å². The zero-order valence-electron chi connectivity index (χ0n) is 28.1. The monoisotopic (exact) mass is 705 g/mol. The van der Waals surface area contributed by atoms with Gasteiger partial charge in [-0.25, -0.2) is 9.97 Å². The zero-order valence-corrected chi connectivity index (χ0v) is 29.7. The lowest BCUT2D eigenvalue weighted by molar-refractivity contribution is -0.140. The average molecular weight is 707 g/mol. The molecule has 15 heteroatoms. The van der Waals surface area contributed by atoms with Gasteiger partial charge in [-0.3, -0.25) is 9.59 Å². The molecule has 2 amide bonds. The maximum absolute atomic E-state index is 14.0. The Bertz CT molecular complexity index is 1600. The Kier molecular flexibility index (Phi) is 12.5. The highest BCUT2D eigenvalue weighted by Crippen LogP contribution is 2.45. The average Bonchev–Trinajstić information content (AvgIpc) is 3.73. The lowest BCUT2D eigenvalue weighted by atomic mass is 9.85. The van der Waals surface area contributed by atoms with Crippen LogP contribution in [0.25, 0.3) is 10.9 Å². The number of fused-ring (bicyclic) bond motifs is 2. The second kappa shape index (κ2) is 16.2. The van der Waals surface area contributed by atoms with Crippen molar-refractivity contribution in [2.24, 2.45) is 5.41 Å². The summed E-state index contributed by atoms with van der Waals surface area (Å²) in [5.41, 5.74) is 1.12. The SMILES string of the molecule is CN[C@@H](C)CN[C@H](C(=O)N1CCC[C@H]1C(=O)Nc1cc2c(Nc3c(Cl)ccc4c3OCO4)ncnc2cc1OCCOC)C(C)(C)C.Cl. The molecule has 5 rings (SSSR count). The third-order valence-electron chi connectivity index (χ3n) is 8.34. The van der Waals surface area contributed by atoms with E-state index < -0.39 is 12.1 Å². The number of halogens is 2. The van der Waals surface area contributed by atoms with Crippen LogP contribution in [0.2, 0.25) is 5.02 Å². The van der Waals surface area contributed by atoms with Crippen molar-refractivity contribution < 1.29 is 28.5 Å². The van der Waals surface area contributed by atoms with Gasteiger partial charge in [0.15, 0.2) is 11.5 Å². The number of likely N-dealkylation sites (tertiary alicyclic amines) is 1. The van der Waals surface area contributed by atoms with Crippen molar-refractivity contribution >= 4 is 63.9 Å². The van der Waals surface area contributed by atoms with E-state index in [1.807, 2.05) is 34.7 Å². The highest BCUT2D eigenvalue weighted by atomic mass is 35.5. The van der Waals surface area contributed by atoms with E-state index in [0.717, 1.165) is 6.42 Å². The van der Waals surface area contributed by atoms with Crippen LogP contribution < -0.4 is 35.5 Å². The number of carbonyl (C=O) groups excluding carboxylic acids is 2. The minimum Gasteiger partial charge on any atom is -0.489 e. The summed E-state index contributed by atoms with van der Waals surface area (Å²) in [7, 11) is 3.47. The first-order valence-corrected chi connectivity index (χ1v) is 16.2. The normalized spacial score (nSPS) is 16.7. The molecular weight excluding hydrogens is 661 g/mol. The van der Waals surface area contributed by atoms with Crippen molar-refractivity contribution in [3.8, 4) is 17.2 Å². The predicted octanol–water partition coefficient (Wildman–Crippen LogP) is 4.74. The van der Waals surface area contributed by atoms with E-state index in [1.165, 1.54) is 6.33 Å². The van der Waals surface area contributed by atoms with Crippen LogP contribution in [0.3, 0.4) is 0 Å². The molecule has 2 aliphatic rings. The molecule has 0 bridgehead atoms. The number of carbonyl (C=O) groups is 2. The van der Waals surface area contributed by atoms with Gasteiger partial charge in [-0.2, -0.15) is 0 Å². The third-order valence-corrected chi connectivity index (χ3v) is 8.66. The van der Waals surface area contributed by atoms with E-state index >= 15 is 0 Å². The number of benzene rings is 2. The fraction of sp³-hybridized carbons (Fsp3) is 0.515. The van der Waals surface area contributed by atoms with Crippen LogP contribution in [0.1, 0.15) is 40.5 Å². The summed E-state index contributed by atoms with van der Waals surface area (Å²) in [5.74, 6) is 1.50. The summed E-state index contributed by atoms with van der Waals surface area (Å²) < 4.78 is 22.4. The molecule has 1 aromatic heterocycles. The Labute approximate surface area is 292 Å². The van der Waals surface area contributed by atoms with E-state index in [2.05, 4.69) is 31.2 Å². The second-order valence-electron chi connectivity index (χ2n) is 12.8. The Hall–Kier alpha value is -3.62. The third kappa shape index (κ3) is 8.32. The molecule has 2 aromatic carbocycles. The van der Waals surface area contributed by atoms with E-state index in [1.54, 1.807) is 36.3 Å². The number of amides is 2. The lowest BCUT2D eigenvalue weighted by Gasteiger charge is -2.36. The fourth-order valence-corrected chi connectivity index (χ4v) is 5.86. The first-order valence-electron chi connectivity index (χ1n) is 15.8. The molecule has 262 valence electrons. The molecule has 0 spiro atoms. The summed E-state index contributed by atoms with van der Waals surface area (Å²) in [6.45, 7) is 9.92. The highest BCUT2D eigenvalue weighted by molar-refractivity contribution is 6.34. The van der Waals surface area contributed by atoms with Gasteiger partial charge in [-0.05, 0) is 50.4 Å². The maximum atomic E-state index is 14.0. The van der Waals surface area contributed by atoms with Crippen molar-refractivity contribution in [3.05, 3.63) is 35.6 Å². The van der Waals surface area contributed by atoms with Gasteiger partial charge >= 0.3 is 0 Å². The van der Waals surface area contributed by atoms with E-state index in [4.69, 9.17) is 30.5 Å². The van der Waals surface area contributed by atoms with Gasteiger partial charge in [-0.15, -0.1) is 12.4 Å². The Balaban J connectivity index is 0.00000520. The molecular formula is C33H45Cl2N7O6. The molecule has 1 saturated heterocycles. The summed E-state index contributed by atoms with van der Waals surface area (Å²) in [5, 5.41) is 14.0. The standard InChI is InChI=1S/C33H44ClN7O6.ClH/c1-19(35-5)16-36-29(33(2,3)4)32(43)41-11-7-8-24(41)31(42)39-23-14-20-22(15-26(23)45-13-12-44-6)37-17-38-30(20)40-27-21(34)9-10-25-28(27)47-18-46-25;/h9-10,14-15,17,19,24,29,35-36H,7-8,11-13,16,18H2,1-6H3,(H,39,42)(H,37,38,40);1H/t19-,24-,29+;/m0./s1. The molecule has 0 saturated carbocycles. The van der Waals surface area contributed by atoms with E-state index in [9.17, 15) is 9.59 Å². The second-order valence-corrected chi connectivity index (χ2v) is 13.2.